The van der Waals surface area contributed by atoms with Crippen LogP contribution in [0.2, 0.25) is 5.02 Å². The number of ether oxygens (including phenoxy) is 3. The monoisotopic (exact) mass is 389 g/mol. The van der Waals surface area contributed by atoms with Gasteiger partial charge in [-0.1, -0.05) is 17.7 Å². The Balaban J connectivity index is 1.23. The minimum absolute atomic E-state index is 0.0132. The third-order valence-corrected chi connectivity index (χ3v) is 4.90. The van der Waals surface area contributed by atoms with Gasteiger partial charge in [0.15, 0.2) is 11.5 Å². The van der Waals surface area contributed by atoms with Gasteiger partial charge in [-0.25, -0.2) is 9.97 Å². The van der Waals surface area contributed by atoms with Crippen molar-refractivity contribution in [1.29, 1.82) is 0 Å². The molecule has 8 heteroatoms. The van der Waals surface area contributed by atoms with Crippen molar-refractivity contribution in [2.45, 2.75) is 44.2 Å². The minimum atomic E-state index is 0.0132. The zero-order valence-corrected chi connectivity index (χ0v) is 15.4. The Morgan fingerprint density at radius 1 is 1.15 bits per heavy atom. The molecule has 2 aromatic rings. The van der Waals surface area contributed by atoms with Gasteiger partial charge in [0.1, 0.15) is 6.10 Å². The van der Waals surface area contributed by atoms with E-state index in [0.29, 0.717) is 23.2 Å². The largest absolute Gasteiger partial charge is 0.460 e. The third-order valence-electron chi connectivity index (χ3n) is 4.71. The molecule has 2 aliphatic rings. The van der Waals surface area contributed by atoms with Crippen molar-refractivity contribution >= 4 is 17.5 Å². The summed E-state index contributed by atoms with van der Waals surface area (Å²) in [6, 6.07) is 6.10. The number of nitrogens with one attached hydrogen (secondary N) is 1. The molecule has 2 heterocycles. The van der Waals surface area contributed by atoms with Crippen molar-refractivity contribution in [1.82, 2.24) is 15.3 Å². The summed E-state index contributed by atoms with van der Waals surface area (Å²) in [5.74, 6) is 1.43. The van der Waals surface area contributed by atoms with Crippen LogP contribution in [0.5, 0.6) is 17.5 Å². The van der Waals surface area contributed by atoms with Crippen LogP contribution in [-0.2, 0) is 11.2 Å². The quantitative estimate of drug-likeness (QED) is 0.846. The maximum atomic E-state index is 12.3. The molecule has 1 fully saturated rings. The molecular formula is C19H20ClN3O4. The van der Waals surface area contributed by atoms with E-state index in [1.54, 1.807) is 0 Å². The Kier molecular flexibility index (Phi) is 5.29. The van der Waals surface area contributed by atoms with Gasteiger partial charge in [-0.15, -0.1) is 0 Å². The smallest absolute Gasteiger partial charge is 0.316 e. The molecule has 1 aromatic heterocycles. The van der Waals surface area contributed by atoms with Gasteiger partial charge in [0.25, 0.3) is 0 Å². The van der Waals surface area contributed by atoms with Gasteiger partial charge in [0, 0.05) is 6.04 Å². The molecule has 1 N–H and O–H groups in total. The fraction of sp³-hybridized carbons (Fsp3) is 0.421. The first-order valence-corrected chi connectivity index (χ1v) is 9.35. The van der Waals surface area contributed by atoms with Crippen LogP contribution in [0.25, 0.3) is 0 Å². The maximum absolute atomic E-state index is 12.3. The van der Waals surface area contributed by atoms with E-state index in [0.717, 1.165) is 37.0 Å². The first kappa shape index (κ1) is 17.9. The van der Waals surface area contributed by atoms with Gasteiger partial charge in [-0.05, 0) is 43.4 Å². The maximum Gasteiger partial charge on any atom is 0.316 e. The van der Waals surface area contributed by atoms with Gasteiger partial charge in [0.2, 0.25) is 12.7 Å². The minimum Gasteiger partial charge on any atom is -0.460 e. The number of halogens is 1. The Bertz CT molecular complexity index is 807. The van der Waals surface area contributed by atoms with Crippen LogP contribution in [0.1, 0.15) is 31.2 Å². The summed E-state index contributed by atoms with van der Waals surface area (Å²) in [5.41, 5.74) is 0.911. The lowest BCUT2D eigenvalue weighted by Crippen LogP contribution is -2.40. The van der Waals surface area contributed by atoms with Crippen molar-refractivity contribution in [3.05, 3.63) is 41.2 Å². The van der Waals surface area contributed by atoms with Crippen LogP contribution in [0, 0.1) is 0 Å². The van der Waals surface area contributed by atoms with Crippen LogP contribution in [0.15, 0.2) is 30.6 Å². The molecular weight excluding hydrogens is 370 g/mol. The second-order valence-electron chi connectivity index (χ2n) is 6.71. The number of hydrogen-bond acceptors (Lipinski definition) is 6. The number of nitrogens with zero attached hydrogens (tertiary/aromatic N) is 2. The summed E-state index contributed by atoms with van der Waals surface area (Å²) in [4.78, 5) is 20.5. The second-order valence-corrected chi connectivity index (χ2v) is 7.14. The van der Waals surface area contributed by atoms with Crippen molar-refractivity contribution in [2.75, 3.05) is 6.79 Å². The number of benzene rings is 1. The SMILES string of the molecule is O=C(Cc1ccc2c(c1)OCO2)NC1CCC(Oc2ncc(Cl)cn2)CC1. The number of fused-ring (bicyclic) bond motifs is 1. The van der Waals surface area contributed by atoms with Crippen molar-refractivity contribution in [3.63, 3.8) is 0 Å². The van der Waals surface area contributed by atoms with E-state index in [1.807, 2.05) is 18.2 Å². The zero-order valence-electron chi connectivity index (χ0n) is 14.7. The molecule has 1 aromatic carbocycles. The second kappa shape index (κ2) is 8.00. The Labute approximate surface area is 162 Å². The Morgan fingerprint density at radius 3 is 2.67 bits per heavy atom. The van der Waals surface area contributed by atoms with Gasteiger partial charge in [-0.3, -0.25) is 4.79 Å². The molecule has 1 saturated carbocycles. The van der Waals surface area contributed by atoms with Crippen molar-refractivity contribution in [3.8, 4) is 17.5 Å². The summed E-state index contributed by atoms with van der Waals surface area (Å²) in [6.45, 7) is 0.233. The summed E-state index contributed by atoms with van der Waals surface area (Å²) in [6.07, 6.45) is 6.86. The Morgan fingerprint density at radius 2 is 1.89 bits per heavy atom. The topological polar surface area (TPSA) is 82.6 Å². The molecule has 0 bridgehead atoms. The lowest BCUT2D eigenvalue weighted by Gasteiger charge is -2.28. The predicted molar refractivity (Wildman–Crippen MR) is 98.1 cm³/mol. The van der Waals surface area contributed by atoms with Gasteiger partial charge < -0.3 is 19.5 Å². The van der Waals surface area contributed by atoms with E-state index < -0.39 is 0 Å². The molecule has 0 atom stereocenters. The van der Waals surface area contributed by atoms with E-state index in [4.69, 9.17) is 25.8 Å². The Hall–Kier alpha value is -2.54. The molecule has 27 heavy (non-hydrogen) atoms. The average molecular weight is 390 g/mol. The van der Waals surface area contributed by atoms with Crippen molar-refractivity contribution < 1.29 is 19.0 Å². The number of carbonyl (C=O) groups excluding carboxylic acids is 1. The summed E-state index contributed by atoms with van der Waals surface area (Å²) >= 11 is 5.77. The van der Waals surface area contributed by atoms with Crippen LogP contribution in [0.4, 0.5) is 0 Å². The number of carbonyl (C=O) groups is 1. The molecule has 0 unspecified atom stereocenters. The van der Waals surface area contributed by atoms with E-state index >= 15 is 0 Å². The molecule has 1 amide bonds. The number of rotatable bonds is 5. The predicted octanol–water partition coefficient (Wildman–Crippen LogP) is 2.91. The highest BCUT2D eigenvalue weighted by molar-refractivity contribution is 6.30. The fourth-order valence-corrected chi connectivity index (χ4v) is 3.45. The first-order chi connectivity index (χ1) is 13.2. The highest BCUT2D eigenvalue weighted by atomic mass is 35.5. The van der Waals surface area contributed by atoms with Gasteiger partial charge in [0.05, 0.1) is 23.8 Å². The molecule has 1 aliphatic heterocycles. The first-order valence-electron chi connectivity index (χ1n) is 8.98. The number of amides is 1. The lowest BCUT2D eigenvalue weighted by atomic mass is 9.93. The van der Waals surface area contributed by atoms with E-state index in [2.05, 4.69) is 15.3 Å². The molecule has 4 rings (SSSR count). The van der Waals surface area contributed by atoms with E-state index in [9.17, 15) is 4.79 Å². The van der Waals surface area contributed by atoms with Crippen molar-refractivity contribution in [2.24, 2.45) is 0 Å². The molecule has 0 saturated heterocycles. The van der Waals surface area contributed by atoms with E-state index in [-0.39, 0.29) is 24.8 Å². The summed E-state index contributed by atoms with van der Waals surface area (Å²) < 4.78 is 16.4. The van der Waals surface area contributed by atoms with Crippen LogP contribution in [0.3, 0.4) is 0 Å². The lowest BCUT2D eigenvalue weighted by molar-refractivity contribution is -0.121. The van der Waals surface area contributed by atoms with Gasteiger partial charge >= 0.3 is 6.01 Å². The number of hydrogen-bond donors (Lipinski definition) is 1. The standard InChI is InChI=1S/C19H20ClN3O4/c20-13-9-21-19(22-10-13)27-15-4-2-14(3-5-15)23-18(24)8-12-1-6-16-17(7-12)26-11-25-16/h1,6-7,9-10,14-15H,2-5,8,11H2,(H,23,24). The van der Waals surface area contributed by atoms with Gasteiger partial charge in [-0.2, -0.15) is 0 Å². The van der Waals surface area contributed by atoms with Crippen LogP contribution < -0.4 is 19.5 Å². The summed E-state index contributed by atoms with van der Waals surface area (Å²) in [5, 5.41) is 3.59. The summed E-state index contributed by atoms with van der Waals surface area (Å²) in [7, 11) is 0. The molecule has 0 radical (unpaired) electrons. The number of aromatic nitrogens is 2. The fourth-order valence-electron chi connectivity index (χ4n) is 3.35. The highest BCUT2D eigenvalue weighted by Gasteiger charge is 2.24. The highest BCUT2D eigenvalue weighted by Crippen LogP contribution is 2.32. The zero-order chi connectivity index (χ0) is 18.6. The molecule has 1 aliphatic carbocycles. The molecule has 142 valence electrons. The normalized spacial score (nSPS) is 20.9. The third kappa shape index (κ3) is 4.60. The molecule has 7 nitrogen and oxygen atoms in total. The van der Waals surface area contributed by atoms with Crippen LogP contribution >= 0.6 is 11.6 Å². The average Bonchev–Trinajstić information content (AvgIpc) is 3.13. The van der Waals surface area contributed by atoms with Crippen LogP contribution in [-0.4, -0.2) is 34.8 Å². The molecule has 0 spiro atoms. The van der Waals surface area contributed by atoms with E-state index in [1.165, 1.54) is 12.4 Å².